The Balaban J connectivity index is 1.54. The van der Waals surface area contributed by atoms with Crippen LogP contribution in [-0.2, 0) is 13.1 Å². The van der Waals surface area contributed by atoms with Gasteiger partial charge in [-0.3, -0.25) is 4.90 Å². The van der Waals surface area contributed by atoms with Crippen LogP contribution in [0, 0.1) is 0 Å². The van der Waals surface area contributed by atoms with Gasteiger partial charge in [0.25, 0.3) is 0 Å². The molecule has 0 saturated carbocycles. The summed E-state index contributed by atoms with van der Waals surface area (Å²) < 4.78 is 21.6. The van der Waals surface area contributed by atoms with Gasteiger partial charge >= 0.3 is 0 Å². The molecule has 0 spiro atoms. The van der Waals surface area contributed by atoms with E-state index < -0.39 is 6.10 Å². The maximum absolute atomic E-state index is 9.89. The normalized spacial score (nSPS) is 15.5. The Kier molecular flexibility index (Phi) is 4.80. The SMILES string of the molecule is C[C@@H](O)CN(Cc1ccc2c(c1)OCO2)Cc1cc2c(cc1Cl)OCO2. The maximum atomic E-state index is 9.89. The standard InChI is InChI=1S/C19H20ClNO5/c1-12(22)7-21(8-13-2-3-16-17(4-13)24-10-23-16)9-14-5-18-19(6-15(14)20)26-11-25-18/h2-6,12,22H,7-11H2,1H3/t12-/m1/s1. The van der Waals surface area contributed by atoms with Crippen molar-refractivity contribution in [2.45, 2.75) is 26.1 Å². The van der Waals surface area contributed by atoms with Crippen LogP contribution in [0.2, 0.25) is 5.02 Å². The molecule has 2 aromatic carbocycles. The summed E-state index contributed by atoms with van der Waals surface area (Å²) in [5.74, 6) is 2.87. The number of fused-ring (bicyclic) bond motifs is 2. The average Bonchev–Trinajstić information content (AvgIpc) is 3.22. The van der Waals surface area contributed by atoms with Gasteiger partial charge in [-0.25, -0.2) is 0 Å². The summed E-state index contributed by atoms with van der Waals surface area (Å²) in [6, 6.07) is 9.56. The lowest BCUT2D eigenvalue weighted by molar-refractivity contribution is 0.118. The first-order valence-electron chi connectivity index (χ1n) is 8.45. The fourth-order valence-electron chi connectivity index (χ4n) is 3.18. The van der Waals surface area contributed by atoms with Crippen LogP contribution < -0.4 is 18.9 Å². The molecule has 6 nitrogen and oxygen atoms in total. The quantitative estimate of drug-likeness (QED) is 0.834. The highest BCUT2D eigenvalue weighted by Crippen LogP contribution is 2.37. The van der Waals surface area contributed by atoms with Crippen molar-refractivity contribution in [3.8, 4) is 23.0 Å². The lowest BCUT2D eigenvalue weighted by Gasteiger charge is -2.24. The molecule has 2 aliphatic heterocycles. The number of halogens is 1. The lowest BCUT2D eigenvalue weighted by atomic mass is 10.1. The highest BCUT2D eigenvalue weighted by atomic mass is 35.5. The molecule has 4 rings (SSSR count). The summed E-state index contributed by atoms with van der Waals surface area (Å²) >= 11 is 6.41. The van der Waals surface area contributed by atoms with Crippen LogP contribution >= 0.6 is 11.6 Å². The molecule has 0 aliphatic carbocycles. The van der Waals surface area contributed by atoms with Gasteiger partial charge in [0, 0.05) is 30.7 Å². The molecule has 2 aromatic rings. The summed E-state index contributed by atoms with van der Waals surface area (Å²) in [6.07, 6.45) is -0.461. The van der Waals surface area contributed by atoms with Crippen LogP contribution in [0.25, 0.3) is 0 Å². The van der Waals surface area contributed by atoms with E-state index in [1.165, 1.54) is 0 Å². The molecule has 0 bridgehead atoms. The highest BCUT2D eigenvalue weighted by molar-refractivity contribution is 6.31. The number of ether oxygens (including phenoxy) is 4. The van der Waals surface area contributed by atoms with E-state index in [0.29, 0.717) is 36.2 Å². The van der Waals surface area contributed by atoms with Crippen molar-refractivity contribution >= 4 is 11.6 Å². The summed E-state index contributed by atoms with van der Waals surface area (Å²) in [5.41, 5.74) is 2.00. The smallest absolute Gasteiger partial charge is 0.231 e. The summed E-state index contributed by atoms with van der Waals surface area (Å²) in [7, 11) is 0. The van der Waals surface area contributed by atoms with E-state index >= 15 is 0 Å². The number of benzene rings is 2. The maximum Gasteiger partial charge on any atom is 0.231 e. The molecule has 0 radical (unpaired) electrons. The lowest BCUT2D eigenvalue weighted by Crippen LogP contribution is -2.30. The molecule has 0 amide bonds. The van der Waals surface area contributed by atoms with Crippen LogP contribution in [0.1, 0.15) is 18.1 Å². The third kappa shape index (κ3) is 3.67. The Labute approximate surface area is 156 Å². The fourth-order valence-corrected chi connectivity index (χ4v) is 3.39. The van der Waals surface area contributed by atoms with Gasteiger partial charge in [0.1, 0.15) is 0 Å². The van der Waals surface area contributed by atoms with E-state index in [1.807, 2.05) is 24.3 Å². The van der Waals surface area contributed by atoms with Crippen molar-refractivity contribution < 1.29 is 24.1 Å². The molecule has 26 heavy (non-hydrogen) atoms. The minimum absolute atomic E-state index is 0.212. The zero-order chi connectivity index (χ0) is 18.1. The van der Waals surface area contributed by atoms with Gasteiger partial charge in [-0.2, -0.15) is 0 Å². The van der Waals surface area contributed by atoms with Crippen LogP contribution in [-0.4, -0.2) is 36.2 Å². The molecule has 7 heteroatoms. The predicted molar refractivity (Wildman–Crippen MR) is 95.9 cm³/mol. The first-order chi connectivity index (χ1) is 12.6. The molecule has 1 N–H and O–H groups in total. The Morgan fingerprint density at radius 3 is 2.35 bits per heavy atom. The highest BCUT2D eigenvalue weighted by Gasteiger charge is 2.20. The molecule has 0 fully saturated rings. The number of rotatable bonds is 6. The molecule has 0 unspecified atom stereocenters. The second-order valence-electron chi connectivity index (χ2n) is 6.50. The second-order valence-corrected chi connectivity index (χ2v) is 6.91. The third-order valence-electron chi connectivity index (χ3n) is 4.30. The van der Waals surface area contributed by atoms with Crippen LogP contribution in [0.3, 0.4) is 0 Å². The number of aliphatic hydroxyl groups excluding tert-OH is 1. The van der Waals surface area contributed by atoms with E-state index in [2.05, 4.69) is 4.90 Å². The molecular weight excluding hydrogens is 358 g/mol. The van der Waals surface area contributed by atoms with Crippen molar-refractivity contribution in [1.29, 1.82) is 0 Å². The fraction of sp³-hybridized carbons (Fsp3) is 0.368. The van der Waals surface area contributed by atoms with E-state index in [4.69, 9.17) is 30.5 Å². The van der Waals surface area contributed by atoms with Crippen LogP contribution in [0.4, 0.5) is 0 Å². The Bertz CT molecular complexity index is 811. The topological polar surface area (TPSA) is 60.4 Å². The van der Waals surface area contributed by atoms with Gasteiger partial charge in [0.2, 0.25) is 13.6 Å². The second kappa shape index (κ2) is 7.23. The van der Waals surface area contributed by atoms with Crippen molar-refractivity contribution in [2.75, 3.05) is 20.1 Å². The summed E-state index contributed by atoms with van der Waals surface area (Å²) in [4.78, 5) is 2.13. The number of aliphatic hydroxyl groups is 1. The Hall–Kier alpha value is -2.15. The van der Waals surface area contributed by atoms with E-state index in [-0.39, 0.29) is 13.6 Å². The van der Waals surface area contributed by atoms with Crippen molar-refractivity contribution in [2.24, 2.45) is 0 Å². The minimum Gasteiger partial charge on any atom is -0.454 e. The summed E-state index contributed by atoms with van der Waals surface area (Å²) in [5, 5.41) is 10.5. The van der Waals surface area contributed by atoms with Gasteiger partial charge in [0.05, 0.1) is 6.10 Å². The van der Waals surface area contributed by atoms with E-state index in [9.17, 15) is 5.11 Å². The average molecular weight is 378 g/mol. The largest absolute Gasteiger partial charge is 0.454 e. The van der Waals surface area contributed by atoms with Gasteiger partial charge in [0.15, 0.2) is 23.0 Å². The molecule has 1 atom stereocenters. The van der Waals surface area contributed by atoms with Crippen LogP contribution in [0.15, 0.2) is 30.3 Å². The number of hydrogen-bond donors (Lipinski definition) is 1. The monoisotopic (exact) mass is 377 g/mol. The van der Waals surface area contributed by atoms with Crippen molar-refractivity contribution in [1.82, 2.24) is 4.90 Å². The molecule has 138 valence electrons. The molecular formula is C19H20ClNO5. The Morgan fingerprint density at radius 2 is 1.62 bits per heavy atom. The number of nitrogens with zero attached hydrogens (tertiary/aromatic N) is 1. The minimum atomic E-state index is -0.461. The molecule has 0 saturated heterocycles. The van der Waals surface area contributed by atoms with Crippen molar-refractivity contribution in [3.63, 3.8) is 0 Å². The van der Waals surface area contributed by atoms with Gasteiger partial charge < -0.3 is 24.1 Å². The molecule has 2 heterocycles. The van der Waals surface area contributed by atoms with Crippen molar-refractivity contribution in [3.05, 3.63) is 46.5 Å². The number of hydrogen-bond acceptors (Lipinski definition) is 6. The molecule has 0 aromatic heterocycles. The summed E-state index contributed by atoms with van der Waals surface area (Å²) in [6.45, 7) is 3.97. The predicted octanol–water partition coefficient (Wildman–Crippen LogP) is 3.18. The zero-order valence-corrected chi connectivity index (χ0v) is 15.2. The van der Waals surface area contributed by atoms with Gasteiger partial charge in [-0.15, -0.1) is 0 Å². The van der Waals surface area contributed by atoms with Crippen LogP contribution in [0.5, 0.6) is 23.0 Å². The van der Waals surface area contributed by atoms with Gasteiger partial charge in [-0.1, -0.05) is 17.7 Å². The first-order valence-corrected chi connectivity index (χ1v) is 8.83. The first kappa shape index (κ1) is 17.3. The Morgan fingerprint density at radius 1 is 0.962 bits per heavy atom. The third-order valence-corrected chi connectivity index (χ3v) is 4.65. The van der Waals surface area contributed by atoms with E-state index in [1.54, 1.807) is 13.0 Å². The van der Waals surface area contributed by atoms with Gasteiger partial charge in [-0.05, 0) is 36.2 Å². The molecule has 2 aliphatic rings. The van der Waals surface area contributed by atoms with E-state index in [0.717, 1.165) is 22.6 Å². The zero-order valence-electron chi connectivity index (χ0n) is 14.4.